The average molecular weight is 406 g/mol. The van der Waals surface area contributed by atoms with E-state index in [2.05, 4.69) is 59.5 Å². The van der Waals surface area contributed by atoms with Crippen LogP contribution in [0.25, 0.3) is 17.0 Å². The molecule has 0 bridgehead atoms. The smallest absolute Gasteiger partial charge is 0.234 e. The van der Waals surface area contributed by atoms with Crippen molar-refractivity contribution in [2.75, 3.05) is 0 Å². The Morgan fingerprint density at radius 2 is 1.83 bits per heavy atom. The minimum absolute atomic E-state index is 0.230. The lowest BCUT2D eigenvalue weighted by molar-refractivity contribution is 0.549. The molecular formula is C23H27N5S. The molecule has 0 aliphatic heterocycles. The second-order valence-corrected chi connectivity index (χ2v) is 9.10. The summed E-state index contributed by atoms with van der Waals surface area (Å²) in [5, 5.41) is 1.16. The zero-order valence-corrected chi connectivity index (χ0v) is 18.2. The first-order chi connectivity index (χ1) is 14.0. The van der Waals surface area contributed by atoms with E-state index in [4.69, 9.17) is 9.97 Å². The van der Waals surface area contributed by atoms with Crippen LogP contribution in [0, 0.1) is 19.8 Å². The summed E-state index contributed by atoms with van der Waals surface area (Å²) in [4.78, 5) is 17.6. The molecule has 0 aliphatic carbocycles. The van der Waals surface area contributed by atoms with Crippen LogP contribution in [-0.4, -0.2) is 24.3 Å². The van der Waals surface area contributed by atoms with E-state index in [1.807, 2.05) is 31.3 Å². The van der Waals surface area contributed by atoms with E-state index in [-0.39, 0.29) is 5.25 Å². The maximum absolute atomic E-state index is 4.86. The topological polar surface area (TPSA) is 58.9 Å². The van der Waals surface area contributed by atoms with Gasteiger partial charge in [-0.2, -0.15) is 0 Å². The van der Waals surface area contributed by atoms with Crippen molar-refractivity contribution >= 4 is 17.5 Å². The van der Waals surface area contributed by atoms with Crippen molar-refractivity contribution < 1.29 is 0 Å². The molecule has 0 amide bonds. The van der Waals surface area contributed by atoms with Crippen LogP contribution in [0.2, 0.25) is 0 Å². The summed E-state index contributed by atoms with van der Waals surface area (Å²) in [5.74, 6) is 1.42. The van der Waals surface area contributed by atoms with Gasteiger partial charge < -0.3 is 4.98 Å². The maximum Gasteiger partial charge on any atom is 0.234 e. The van der Waals surface area contributed by atoms with Crippen LogP contribution in [0.4, 0.5) is 0 Å². The number of aromatic nitrogens is 5. The molecule has 1 N–H and O–H groups in total. The fourth-order valence-corrected chi connectivity index (χ4v) is 4.49. The molecule has 3 aromatic heterocycles. The van der Waals surface area contributed by atoms with Gasteiger partial charge >= 0.3 is 0 Å². The van der Waals surface area contributed by atoms with Crippen molar-refractivity contribution in [3.8, 4) is 11.3 Å². The van der Waals surface area contributed by atoms with Gasteiger partial charge in [0, 0.05) is 29.3 Å². The Bertz CT molecular complexity index is 1100. The highest BCUT2D eigenvalue weighted by molar-refractivity contribution is 7.99. The highest BCUT2D eigenvalue weighted by Crippen LogP contribution is 2.38. The Hall–Kier alpha value is -2.60. The predicted octanol–water partition coefficient (Wildman–Crippen LogP) is 6.01. The lowest BCUT2D eigenvalue weighted by Gasteiger charge is -2.14. The molecule has 1 aromatic carbocycles. The zero-order valence-electron chi connectivity index (χ0n) is 17.4. The minimum Gasteiger partial charge on any atom is -0.339 e. The molecule has 1 atom stereocenters. The maximum atomic E-state index is 4.86. The quantitative estimate of drug-likeness (QED) is 0.383. The number of rotatable bonds is 7. The molecule has 150 valence electrons. The molecule has 0 saturated heterocycles. The van der Waals surface area contributed by atoms with Crippen LogP contribution in [-0.2, 0) is 0 Å². The molecule has 4 rings (SSSR count). The Balaban J connectivity index is 1.62. The van der Waals surface area contributed by atoms with Gasteiger partial charge in [0.15, 0.2) is 5.16 Å². The van der Waals surface area contributed by atoms with Crippen molar-refractivity contribution in [1.82, 2.24) is 24.3 Å². The largest absolute Gasteiger partial charge is 0.339 e. The lowest BCUT2D eigenvalue weighted by Crippen LogP contribution is -1.99. The Kier molecular flexibility index (Phi) is 5.72. The molecule has 3 heterocycles. The van der Waals surface area contributed by atoms with Gasteiger partial charge in [-0.1, -0.05) is 55.9 Å². The molecular weight excluding hydrogens is 378 g/mol. The lowest BCUT2D eigenvalue weighted by atomic mass is 10.1. The van der Waals surface area contributed by atoms with Crippen LogP contribution >= 0.6 is 11.8 Å². The van der Waals surface area contributed by atoms with Crippen molar-refractivity contribution in [2.45, 2.75) is 50.9 Å². The Labute approximate surface area is 176 Å². The van der Waals surface area contributed by atoms with Gasteiger partial charge in [0.1, 0.15) is 0 Å². The van der Waals surface area contributed by atoms with Crippen molar-refractivity contribution in [3.05, 3.63) is 65.9 Å². The van der Waals surface area contributed by atoms with E-state index in [0.29, 0.717) is 5.92 Å². The van der Waals surface area contributed by atoms with Gasteiger partial charge in [0.25, 0.3) is 0 Å². The zero-order chi connectivity index (χ0) is 20.4. The average Bonchev–Trinajstić information content (AvgIpc) is 3.33. The van der Waals surface area contributed by atoms with E-state index in [0.717, 1.165) is 52.1 Å². The van der Waals surface area contributed by atoms with Gasteiger partial charge in [-0.25, -0.2) is 15.0 Å². The normalized spacial score (nSPS) is 12.7. The standard InChI is InChI=1S/C23H27N5S/c1-15(2)10-11-21(20-14-28-17(4)12-16(3)25-22(28)26-20)29-23-24-13-19(27-23)18-8-6-5-7-9-18/h5-9,12-15,21H,10-11H2,1-4H3,(H,24,27). The van der Waals surface area contributed by atoms with Gasteiger partial charge in [-0.15, -0.1) is 0 Å². The number of hydrogen-bond donors (Lipinski definition) is 1. The van der Waals surface area contributed by atoms with Crippen LogP contribution in [0.15, 0.2) is 53.9 Å². The molecule has 0 fully saturated rings. The van der Waals surface area contributed by atoms with E-state index in [1.165, 1.54) is 0 Å². The summed E-state index contributed by atoms with van der Waals surface area (Å²) in [5.41, 5.74) is 5.31. The highest BCUT2D eigenvalue weighted by atomic mass is 32.2. The molecule has 0 saturated carbocycles. The number of aryl methyl sites for hydroxylation is 2. The van der Waals surface area contributed by atoms with Crippen molar-refractivity contribution in [2.24, 2.45) is 5.92 Å². The first kappa shape index (κ1) is 19.7. The van der Waals surface area contributed by atoms with Gasteiger partial charge in [-0.05, 0) is 38.7 Å². The van der Waals surface area contributed by atoms with E-state index in [1.54, 1.807) is 11.8 Å². The number of hydrogen-bond acceptors (Lipinski definition) is 4. The molecule has 6 heteroatoms. The third-order valence-electron chi connectivity index (χ3n) is 4.99. The number of benzene rings is 1. The summed E-state index contributed by atoms with van der Waals surface area (Å²) < 4.78 is 2.09. The molecule has 29 heavy (non-hydrogen) atoms. The monoisotopic (exact) mass is 405 g/mol. The van der Waals surface area contributed by atoms with Gasteiger partial charge in [0.2, 0.25) is 5.78 Å². The molecule has 4 aromatic rings. The SMILES string of the molecule is Cc1cc(C)n2cc(C(CCC(C)C)Sc3nc(-c4ccccc4)c[nH]3)nc2n1. The van der Waals surface area contributed by atoms with Crippen molar-refractivity contribution in [3.63, 3.8) is 0 Å². The van der Waals surface area contributed by atoms with E-state index >= 15 is 0 Å². The highest BCUT2D eigenvalue weighted by Gasteiger charge is 2.20. The molecule has 0 aliphatic rings. The Morgan fingerprint density at radius 3 is 2.59 bits per heavy atom. The predicted molar refractivity (Wildman–Crippen MR) is 119 cm³/mol. The summed E-state index contributed by atoms with van der Waals surface area (Å²) in [6.07, 6.45) is 6.31. The third-order valence-corrected chi connectivity index (χ3v) is 6.19. The van der Waals surface area contributed by atoms with Crippen LogP contribution in [0.3, 0.4) is 0 Å². The number of imidazole rings is 2. The number of nitrogens with zero attached hydrogens (tertiary/aromatic N) is 4. The molecule has 0 radical (unpaired) electrons. The van der Waals surface area contributed by atoms with Crippen molar-refractivity contribution in [1.29, 1.82) is 0 Å². The molecule has 5 nitrogen and oxygen atoms in total. The second-order valence-electron chi connectivity index (χ2n) is 7.91. The number of fused-ring (bicyclic) bond motifs is 1. The third kappa shape index (κ3) is 4.53. The second kappa shape index (κ2) is 8.41. The number of H-pyrrole nitrogens is 1. The molecule has 0 spiro atoms. The Morgan fingerprint density at radius 1 is 1.03 bits per heavy atom. The first-order valence-electron chi connectivity index (χ1n) is 10.1. The summed E-state index contributed by atoms with van der Waals surface area (Å²) in [6, 6.07) is 12.4. The number of nitrogens with one attached hydrogen (secondary N) is 1. The fraction of sp³-hybridized carbons (Fsp3) is 0.348. The number of aromatic amines is 1. The van der Waals surface area contributed by atoms with Crippen LogP contribution in [0.5, 0.6) is 0 Å². The molecule has 1 unspecified atom stereocenters. The summed E-state index contributed by atoms with van der Waals surface area (Å²) in [7, 11) is 0. The number of thioether (sulfide) groups is 1. The van der Waals surface area contributed by atoms with Gasteiger partial charge in [0.05, 0.1) is 16.6 Å². The van der Waals surface area contributed by atoms with E-state index < -0.39 is 0 Å². The van der Waals surface area contributed by atoms with Gasteiger partial charge in [-0.3, -0.25) is 4.40 Å². The summed E-state index contributed by atoms with van der Waals surface area (Å²) >= 11 is 1.75. The van der Waals surface area contributed by atoms with E-state index in [9.17, 15) is 0 Å². The van der Waals surface area contributed by atoms with Crippen LogP contribution < -0.4 is 0 Å². The minimum atomic E-state index is 0.230. The van der Waals surface area contributed by atoms with Crippen LogP contribution in [0.1, 0.15) is 49.0 Å². The summed E-state index contributed by atoms with van der Waals surface area (Å²) in [6.45, 7) is 8.64. The fourth-order valence-electron chi connectivity index (χ4n) is 3.45. The first-order valence-corrected chi connectivity index (χ1v) is 11.0.